The Morgan fingerprint density at radius 3 is 0.857 bits per heavy atom. The molecule has 0 spiro atoms. The summed E-state index contributed by atoms with van der Waals surface area (Å²) in [5, 5.41) is 34.3. The van der Waals surface area contributed by atoms with Crippen molar-refractivity contribution in [3.8, 4) is 0 Å². The minimum absolute atomic E-state index is 0.588. The molecule has 0 heterocycles. The van der Waals surface area contributed by atoms with Crippen molar-refractivity contribution in [2.24, 2.45) is 0 Å². The third-order valence-corrected chi connectivity index (χ3v) is 12.2. The fraction of sp³-hybridized carbons (Fsp3) is 0.887. The summed E-state index contributed by atoms with van der Waals surface area (Å²) < 4.78 is 0. The number of hydrogen-bond acceptors (Lipinski definition) is 3. The van der Waals surface area contributed by atoms with Crippen molar-refractivity contribution in [1.82, 2.24) is 0 Å². The molecule has 0 saturated carbocycles. The summed E-state index contributed by atoms with van der Waals surface area (Å²) in [6, 6.07) is 0. The Morgan fingerprint density at radius 1 is 0.321 bits per heavy atom. The van der Waals surface area contributed by atoms with Gasteiger partial charge >= 0.3 is 0 Å². The smallest absolute Gasteiger partial charge is 0.108 e. The van der Waals surface area contributed by atoms with Crippen LogP contribution in [-0.4, -0.2) is 33.1 Å². The first-order valence-electron chi connectivity index (χ1n) is 25.5. The van der Waals surface area contributed by atoms with Crippen LogP contribution in [0.2, 0.25) is 0 Å². The molecule has 0 aromatic heterocycles. The fourth-order valence-electron chi connectivity index (χ4n) is 8.19. The summed E-state index contributed by atoms with van der Waals surface area (Å²) in [6.45, 7) is 6.82. The molecule has 0 fully saturated rings. The van der Waals surface area contributed by atoms with Crippen molar-refractivity contribution in [1.29, 1.82) is 0 Å². The van der Waals surface area contributed by atoms with Crippen molar-refractivity contribution in [3.05, 3.63) is 36.5 Å². The van der Waals surface area contributed by atoms with Gasteiger partial charge in [0.25, 0.3) is 0 Å². The van der Waals surface area contributed by atoms with Crippen LogP contribution in [0.15, 0.2) is 36.5 Å². The molecule has 0 radical (unpaired) electrons. The molecule has 0 rings (SSSR count). The molecular formula is C53H102O3. The van der Waals surface area contributed by atoms with E-state index in [2.05, 4.69) is 57.2 Å². The van der Waals surface area contributed by atoms with Crippen LogP contribution in [0.3, 0.4) is 0 Å². The molecule has 0 aromatic carbocycles. The fourth-order valence-corrected chi connectivity index (χ4v) is 8.19. The van der Waals surface area contributed by atoms with E-state index in [1.54, 1.807) is 0 Å². The van der Waals surface area contributed by atoms with Crippen molar-refractivity contribution in [2.45, 2.75) is 302 Å². The number of aliphatic hydroxyl groups is 3. The van der Waals surface area contributed by atoms with Gasteiger partial charge in [0, 0.05) is 0 Å². The van der Waals surface area contributed by atoms with Crippen LogP contribution in [-0.2, 0) is 0 Å². The number of allylic oxidation sites excluding steroid dienone is 6. The molecular weight excluding hydrogens is 685 g/mol. The van der Waals surface area contributed by atoms with Gasteiger partial charge in [0.15, 0.2) is 0 Å². The maximum atomic E-state index is 11.8. The summed E-state index contributed by atoms with van der Waals surface area (Å²) >= 11 is 0. The van der Waals surface area contributed by atoms with Gasteiger partial charge in [-0.15, -0.1) is 0 Å². The normalized spacial score (nSPS) is 13.6. The lowest BCUT2D eigenvalue weighted by molar-refractivity contribution is -0.136. The maximum absolute atomic E-state index is 11.8. The lowest BCUT2D eigenvalue weighted by atomic mass is 9.81. The van der Waals surface area contributed by atoms with E-state index >= 15 is 0 Å². The Labute approximate surface area is 352 Å². The van der Waals surface area contributed by atoms with Gasteiger partial charge in [-0.2, -0.15) is 0 Å². The van der Waals surface area contributed by atoms with Crippen LogP contribution in [0.4, 0.5) is 0 Å². The molecule has 2 unspecified atom stereocenters. The molecule has 2 atom stereocenters. The van der Waals surface area contributed by atoms with E-state index in [-0.39, 0.29) is 0 Å². The average Bonchev–Trinajstić information content (AvgIpc) is 3.20. The highest BCUT2D eigenvalue weighted by atomic mass is 16.4. The number of hydrogen-bond donors (Lipinski definition) is 3. The second-order valence-electron chi connectivity index (χ2n) is 17.8. The predicted molar refractivity (Wildman–Crippen MR) is 251 cm³/mol. The molecule has 3 N–H and O–H groups in total. The van der Waals surface area contributed by atoms with Crippen molar-refractivity contribution < 1.29 is 15.3 Å². The zero-order valence-electron chi connectivity index (χ0n) is 38.5. The van der Waals surface area contributed by atoms with Crippen LogP contribution >= 0.6 is 0 Å². The first-order valence-corrected chi connectivity index (χ1v) is 25.5. The molecule has 0 saturated heterocycles. The molecule has 0 aliphatic heterocycles. The largest absolute Gasteiger partial charge is 0.390 e. The Bertz CT molecular complexity index is 793. The number of rotatable bonds is 46. The highest BCUT2D eigenvalue weighted by Crippen LogP contribution is 2.30. The van der Waals surface area contributed by atoms with Crippen LogP contribution in [0.25, 0.3) is 0 Å². The topological polar surface area (TPSA) is 60.7 Å². The standard InChI is InChI=1S/C53H102O3/c1-4-7-10-13-16-19-22-25-28-29-30-33-36-39-42-45-48-51(54)52(55)53(56,49-46-43-40-37-34-31-26-23-20-17-14-11-8-5-2)50-47-44-41-38-35-32-27-24-21-18-15-12-9-6-3/h20-21,23-25,28,51-52,54-56H,4-19,22,26-27,29-50H2,1-3H3/b23-20-,24-21-,28-25-. The van der Waals surface area contributed by atoms with Crippen LogP contribution in [0.1, 0.15) is 284 Å². The van der Waals surface area contributed by atoms with Gasteiger partial charge in [0.05, 0.1) is 11.7 Å². The summed E-state index contributed by atoms with van der Waals surface area (Å²) in [4.78, 5) is 0. The van der Waals surface area contributed by atoms with E-state index in [1.165, 1.54) is 205 Å². The minimum atomic E-state index is -1.17. The third-order valence-electron chi connectivity index (χ3n) is 12.2. The number of aliphatic hydroxyl groups excluding tert-OH is 2. The summed E-state index contributed by atoms with van der Waals surface area (Å²) in [5.74, 6) is 0. The molecule has 0 aromatic rings. The van der Waals surface area contributed by atoms with Gasteiger partial charge in [0.1, 0.15) is 6.10 Å². The SMILES string of the molecule is CCCCCC/C=C\CCCCCCCCC(O)(CCCCCCCC/C=C\CCCCCC)C(O)C(O)CCCCCCCC/C=C\CCCCCCCC. The van der Waals surface area contributed by atoms with E-state index in [9.17, 15) is 15.3 Å². The average molecular weight is 787 g/mol. The first kappa shape index (κ1) is 55.1. The zero-order chi connectivity index (χ0) is 40.9. The lowest BCUT2D eigenvalue weighted by Gasteiger charge is -2.36. The van der Waals surface area contributed by atoms with E-state index < -0.39 is 17.8 Å². The Kier molecular flexibility index (Phi) is 44.5. The second-order valence-corrected chi connectivity index (χ2v) is 17.8. The number of unbranched alkanes of at least 4 members (excludes halogenated alkanes) is 32. The first-order chi connectivity index (χ1) is 27.5. The van der Waals surface area contributed by atoms with Crippen LogP contribution < -0.4 is 0 Å². The van der Waals surface area contributed by atoms with E-state index in [0.717, 1.165) is 38.5 Å². The quantitative estimate of drug-likeness (QED) is 0.0425. The Balaban J connectivity index is 4.42. The monoisotopic (exact) mass is 787 g/mol. The van der Waals surface area contributed by atoms with Gasteiger partial charge in [-0.3, -0.25) is 0 Å². The predicted octanol–water partition coefficient (Wildman–Crippen LogP) is 17.2. The molecule has 332 valence electrons. The highest BCUT2D eigenvalue weighted by molar-refractivity contribution is 4.91. The van der Waals surface area contributed by atoms with E-state index in [4.69, 9.17) is 0 Å². The van der Waals surface area contributed by atoms with Crippen molar-refractivity contribution in [2.75, 3.05) is 0 Å². The summed E-state index contributed by atoms with van der Waals surface area (Å²) in [6.07, 6.45) is 61.5. The molecule has 0 amide bonds. The summed E-state index contributed by atoms with van der Waals surface area (Å²) in [7, 11) is 0. The second kappa shape index (κ2) is 45.2. The molecule has 0 bridgehead atoms. The van der Waals surface area contributed by atoms with Gasteiger partial charge in [-0.25, -0.2) is 0 Å². The zero-order valence-corrected chi connectivity index (χ0v) is 38.5. The van der Waals surface area contributed by atoms with Gasteiger partial charge in [-0.1, -0.05) is 224 Å². The van der Waals surface area contributed by atoms with E-state index in [0.29, 0.717) is 19.3 Å². The van der Waals surface area contributed by atoms with Crippen LogP contribution in [0, 0.1) is 0 Å². The molecule has 0 aliphatic rings. The Hall–Kier alpha value is -0.900. The molecule has 56 heavy (non-hydrogen) atoms. The van der Waals surface area contributed by atoms with Gasteiger partial charge < -0.3 is 15.3 Å². The summed E-state index contributed by atoms with van der Waals surface area (Å²) in [5.41, 5.74) is -1.17. The van der Waals surface area contributed by atoms with E-state index in [1.807, 2.05) is 0 Å². The molecule has 3 nitrogen and oxygen atoms in total. The maximum Gasteiger partial charge on any atom is 0.108 e. The lowest BCUT2D eigenvalue weighted by Crippen LogP contribution is -2.49. The van der Waals surface area contributed by atoms with Gasteiger partial charge in [-0.05, 0) is 96.3 Å². The van der Waals surface area contributed by atoms with Gasteiger partial charge in [0.2, 0.25) is 0 Å². The minimum Gasteiger partial charge on any atom is -0.390 e. The van der Waals surface area contributed by atoms with Crippen molar-refractivity contribution in [3.63, 3.8) is 0 Å². The third kappa shape index (κ3) is 38.6. The molecule has 0 aliphatic carbocycles. The molecule has 3 heteroatoms. The van der Waals surface area contributed by atoms with Crippen molar-refractivity contribution >= 4 is 0 Å². The van der Waals surface area contributed by atoms with Crippen LogP contribution in [0.5, 0.6) is 0 Å². The highest BCUT2D eigenvalue weighted by Gasteiger charge is 2.38. The Morgan fingerprint density at radius 2 is 0.554 bits per heavy atom.